The van der Waals surface area contributed by atoms with Crippen LogP contribution < -0.4 is 10.5 Å². The number of aryl methyl sites for hydroxylation is 2. The van der Waals surface area contributed by atoms with Gasteiger partial charge in [-0.3, -0.25) is 0 Å². The van der Waals surface area contributed by atoms with Crippen LogP contribution >= 0.6 is 11.3 Å². The number of ether oxygens (including phenoxy) is 1. The summed E-state index contributed by atoms with van der Waals surface area (Å²) < 4.78 is 5.20. The molecule has 0 radical (unpaired) electrons. The first-order valence-corrected chi connectivity index (χ1v) is 7.93. The summed E-state index contributed by atoms with van der Waals surface area (Å²) in [4.78, 5) is 4.76. The SMILES string of the molecule is COc1ccc(-c2nc(-c3ccc(C)cc3C)cs2)cc1N. The van der Waals surface area contributed by atoms with Gasteiger partial charge in [-0.1, -0.05) is 23.8 Å². The molecule has 0 amide bonds. The number of benzene rings is 2. The number of thiazole rings is 1. The van der Waals surface area contributed by atoms with Gasteiger partial charge in [0.05, 0.1) is 18.5 Å². The maximum Gasteiger partial charge on any atom is 0.141 e. The van der Waals surface area contributed by atoms with Crippen LogP contribution in [0.3, 0.4) is 0 Å². The van der Waals surface area contributed by atoms with Crippen molar-refractivity contribution >= 4 is 17.0 Å². The Morgan fingerprint density at radius 1 is 1.09 bits per heavy atom. The van der Waals surface area contributed by atoms with Crippen molar-refractivity contribution in [1.82, 2.24) is 4.98 Å². The van der Waals surface area contributed by atoms with Crippen molar-refractivity contribution in [1.29, 1.82) is 0 Å². The predicted octanol–water partition coefficient (Wildman–Crippen LogP) is 4.68. The Kier molecular flexibility index (Phi) is 3.86. The van der Waals surface area contributed by atoms with Gasteiger partial charge < -0.3 is 10.5 Å². The van der Waals surface area contributed by atoms with Crippen LogP contribution in [-0.4, -0.2) is 12.1 Å². The summed E-state index contributed by atoms with van der Waals surface area (Å²) in [6.07, 6.45) is 0. The fourth-order valence-corrected chi connectivity index (χ4v) is 3.32. The number of methoxy groups -OCH3 is 1. The minimum absolute atomic E-state index is 0.628. The van der Waals surface area contributed by atoms with E-state index in [9.17, 15) is 0 Å². The first-order chi connectivity index (χ1) is 10.6. The van der Waals surface area contributed by atoms with Gasteiger partial charge in [0.25, 0.3) is 0 Å². The Labute approximate surface area is 134 Å². The average Bonchev–Trinajstić information content (AvgIpc) is 2.96. The molecule has 0 atom stereocenters. The third-order valence-electron chi connectivity index (χ3n) is 3.64. The van der Waals surface area contributed by atoms with Gasteiger partial charge in [-0.25, -0.2) is 4.98 Å². The summed E-state index contributed by atoms with van der Waals surface area (Å²) in [5.74, 6) is 0.690. The van der Waals surface area contributed by atoms with Crippen LogP contribution in [0.2, 0.25) is 0 Å². The molecule has 3 aromatic rings. The highest BCUT2D eigenvalue weighted by molar-refractivity contribution is 7.13. The van der Waals surface area contributed by atoms with Crippen molar-refractivity contribution in [2.24, 2.45) is 0 Å². The standard InChI is InChI=1S/C18H18N2OS/c1-11-4-6-14(12(2)8-11)16-10-22-18(20-16)13-5-7-17(21-3)15(19)9-13/h4-10H,19H2,1-3H3. The molecule has 2 N–H and O–H groups in total. The van der Waals surface area contributed by atoms with Gasteiger partial charge in [-0.2, -0.15) is 0 Å². The van der Waals surface area contributed by atoms with E-state index in [1.165, 1.54) is 16.7 Å². The van der Waals surface area contributed by atoms with E-state index in [0.29, 0.717) is 11.4 Å². The maximum absolute atomic E-state index is 5.98. The molecule has 4 heteroatoms. The quantitative estimate of drug-likeness (QED) is 0.714. The molecule has 0 spiro atoms. The fourth-order valence-electron chi connectivity index (χ4n) is 2.50. The normalized spacial score (nSPS) is 10.7. The van der Waals surface area contributed by atoms with Crippen LogP contribution in [0, 0.1) is 13.8 Å². The molecule has 0 bridgehead atoms. The minimum atomic E-state index is 0.628. The van der Waals surface area contributed by atoms with Crippen LogP contribution in [-0.2, 0) is 0 Å². The van der Waals surface area contributed by atoms with E-state index in [-0.39, 0.29) is 0 Å². The summed E-state index contributed by atoms with van der Waals surface area (Å²) in [7, 11) is 1.62. The molecule has 2 aromatic carbocycles. The van der Waals surface area contributed by atoms with Crippen LogP contribution in [0.15, 0.2) is 41.8 Å². The summed E-state index contributed by atoms with van der Waals surface area (Å²) in [6, 6.07) is 12.2. The second-order valence-corrected chi connectivity index (χ2v) is 6.17. The van der Waals surface area contributed by atoms with Crippen molar-refractivity contribution in [3.8, 4) is 27.6 Å². The molecule has 0 aliphatic heterocycles. The third kappa shape index (κ3) is 2.70. The highest BCUT2D eigenvalue weighted by Gasteiger charge is 2.10. The lowest BCUT2D eigenvalue weighted by atomic mass is 10.0. The molecule has 3 rings (SSSR count). The zero-order valence-corrected chi connectivity index (χ0v) is 13.7. The van der Waals surface area contributed by atoms with E-state index in [2.05, 4.69) is 37.4 Å². The van der Waals surface area contributed by atoms with Gasteiger partial charge >= 0.3 is 0 Å². The van der Waals surface area contributed by atoms with E-state index >= 15 is 0 Å². The number of rotatable bonds is 3. The van der Waals surface area contributed by atoms with Crippen molar-refractivity contribution < 1.29 is 4.74 Å². The minimum Gasteiger partial charge on any atom is -0.495 e. The summed E-state index contributed by atoms with van der Waals surface area (Å²) in [5.41, 5.74) is 12.3. The molecule has 0 saturated carbocycles. The van der Waals surface area contributed by atoms with Crippen LogP contribution in [0.1, 0.15) is 11.1 Å². The molecule has 0 fully saturated rings. The van der Waals surface area contributed by atoms with Crippen LogP contribution in [0.4, 0.5) is 5.69 Å². The summed E-state index contributed by atoms with van der Waals surface area (Å²) >= 11 is 1.63. The van der Waals surface area contributed by atoms with Gasteiger partial charge in [0.1, 0.15) is 10.8 Å². The molecular weight excluding hydrogens is 292 g/mol. The first kappa shape index (κ1) is 14.6. The highest BCUT2D eigenvalue weighted by atomic mass is 32.1. The monoisotopic (exact) mass is 310 g/mol. The van der Waals surface area contributed by atoms with E-state index in [1.54, 1.807) is 18.4 Å². The van der Waals surface area contributed by atoms with Crippen LogP contribution in [0.5, 0.6) is 5.75 Å². The third-order valence-corrected chi connectivity index (χ3v) is 4.53. The molecule has 112 valence electrons. The van der Waals surface area contributed by atoms with Crippen molar-refractivity contribution in [2.75, 3.05) is 12.8 Å². The number of nitrogen functional groups attached to an aromatic ring is 1. The molecule has 22 heavy (non-hydrogen) atoms. The Bertz CT molecular complexity index is 824. The predicted molar refractivity (Wildman–Crippen MR) is 93.4 cm³/mol. The first-order valence-electron chi connectivity index (χ1n) is 7.05. The second-order valence-electron chi connectivity index (χ2n) is 5.31. The number of nitrogens with zero attached hydrogens (tertiary/aromatic N) is 1. The Morgan fingerprint density at radius 3 is 2.59 bits per heavy atom. The van der Waals surface area contributed by atoms with E-state index in [4.69, 9.17) is 15.5 Å². The summed E-state index contributed by atoms with van der Waals surface area (Å²) in [6.45, 7) is 4.22. The molecule has 0 saturated heterocycles. The topological polar surface area (TPSA) is 48.1 Å². The lowest BCUT2D eigenvalue weighted by molar-refractivity contribution is 0.417. The Morgan fingerprint density at radius 2 is 1.91 bits per heavy atom. The zero-order valence-electron chi connectivity index (χ0n) is 12.9. The van der Waals surface area contributed by atoms with E-state index in [1.807, 2.05) is 18.2 Å². The molecule has 0 unspecified atom stereocenters. The van der Waals surface area contributed by atoms with Gasteiger partial charge in [0, 0.05) is 16.5 Å². The second kappa shape index (κ2) is 5.81. The largest absolute Gasteiger partial charge is 0.495 e. The molecule has 0 aliphatic rings. The highest BCUT2D eigenvalue weighted by Crippen LogP contribution is 2.33. The number of aromatic nitrogens is 1. The smallest absolute Gasteiger partial charge is 0.141 e. The Hall–Kier alpha value is -2.33. The molecule has 1 aromatic heterocycles. The van der Waals surface area contributed by atoms with Gasteiger partial charge in [0.2, 0.25) is 0 Å². The molecular formula is C18H18N2OS. The van der Waals surface area contributed by atoms with Crippen LogP contribution in [0.25, 0.3) is 21.8 Å². The van der Waals surface area contributed by atoms with E-state index < -0.39 is 0 Å². The van der Waals surface area contributed by atoms with Gasteiger partial charge in [-0.15, -0.1) is 11.3 Å². The van der Waals surface area contributed by atoms with E-state index in [0.717, 1.165) is 16.3 Å². The van der Waals surface area contributed by atoms with Gasteiger partial charge in [-0.05, 0) is 37.6 Å². The number of hydrogen-bond acceptors (Lipinski definition) is 4. The summed E-state index contributed by atoms with van der Waals surface area (Å²) in [5, 5.41) is 3.05. The molecule has 1 heterocycles. The van der Waals surface area contributed by atoms with Crippen molar-refractivity contribution in [3.05, 3.63) is 52.9 Å². The molecule has 3 nitrogen and oxygen atoms in total. The zero-order chi connectivity index (χ0) is 15.7. The number of anilines is 1. The Balaban J connectivity index is 1.98. The lowest BCUT2D eigenvalue weighted by Gasteiger charge is -2.05. The fraction of sp³-hybridized carbons (Fsp3) is 0.167. The number of hydrogen-bond donors (Lipinski definition) is 1. The number of nitrogens with two attached hydrogens (primary N) is 1. The van der Waals surface area contributed by atoms with Crippen molar-refractivity contribution in [3.63, 3.8) is 0 Å². The molecule has 0 aliphatic carbocycles. The van der Waals surface area contributed by atoms with Gasteiger partial charge in [0.15, 0.2) is 0 Å². The average molecular weight is 310 g/mol. The van der Waals surface area contributed by atoms with Crippen molar-refractivity contribution in [2.45, 2.75) is 13.8 Å². The maximum atomic E-state index is 5.98. The lowest BCUT2D eigenvalue weighted by Crippen LogP contribution is -1.92.